The second kappa shape index (κ2) is 6.39. The SMILES string of the molecule is CC(=O)NC(CSCc1nnc(C)n1C)C(=O)O. The van der Waals surface area contributed by atoms with E-state index in [0.29, 0.717) is 11.5 Å². The Morgan fingerprint density at radius 1 is 1.50 bits per heavy atom. The van der Waals surface area contributed by atoms with Crippen molar-refractivity contribution in [2.24, 2.45) is 7.05 Å². The van der Waals surface area contributed by atoms with Gasteiger partial charge in [0.05, 0.1) is 5.75 Å². The summed E-state index contributed by atoms with van der Waals surface area (Å²) in [5, 5.41) is 19.2. The highest BCUT2D eigenvalue weighted by Crippen LogP contribution is 2.11. The van der Waals surface area contributed by atoms with E-state index in [1.54, 1.807) is 0 Å². The fourth-order valence-corrected chi connectivity index (χ4v) is 2.28. The number of amides is 1. The lowest BCUT2D eigenvalue weighted by molar-refractivity contribution is -0.140. The van der Waals surface area contributed by atoms with Gasteiger partial charge < -0.3 is 15.0 Å². The minimum absolute atomic E-state index is 0.292. The lowest BCUT2D eigenvalue weighted by Crippen LogP contribution is -2.41. The van der Waals surface area contributed by atoms with E-state index in [1.807, 2.05) is 18.5 Å². The van der Waals surface area contributed by atoms with Crippen molar-refractivity contribution in [2.75, 3.05) is 5.75 Å². The van der Waals surface area contributed by atoms with Gasteiger partial charge in [0.25, 0.3) is 0 Å². The molecule has 1 heterocycles. The second-order valence-corrected chi connectivity index (χ2v) is 4.86. The zero-order chi connectivity index (χ0) is 13.7. The Kier molecular flexibility index (Phi) is 5.14. The van der Waals surface area contributed by atoms with Gasteiger partial charge in [-0.3, -0.25) is 4.79 Å². The maximum absolute atomic E-state index is 10.9. The Labute approximate surface area is 109 Å². The number of hydrogen-bond donors (Lipinski definition) is 2. The highest BCUT2D eigenvalue weighted by atomic mass is 32.2. The third kappa shape index (κ3) is 4.02. The molecule has 1 aromatic rings. The first kappa shape index (κ1) is 14.5. The minimum atomic E-state index is -1.04. The molecule has 0 fully saturated rings. The first-order chi connectivity index (χ1) is 8.41. The van der Waals surface area contributed by atoms with Crippen molar-refractivity contribution in [3.63, 3.8) is 0 Å². The number of thioether (sulfide) groups is 1. The van der Waals surface area contributed by atoms with Crippen LogP contribution in [0.15, 0.2) is 0 Å². The molecule has 1 aromatic heterocycles. The van der Waals surface area contributed by atoms with E-state index in [4.69, 9.17) is 5.11 Å². The number of carboxylic acid groups (broad SMARTS) is 1. The molecule has 0 radical (unpaired) electrons. The smallest absolute Gasteiger partial charge is 0.327 e. The summed E-state index contributed by atoms with van der Waals surface area (Å²) in [4.78, 5) is 21.7. The Bertz CT molecular complexity index is 446. The number of carbonyl (C=O) groups excluding carboxylic acids is 1. The predicted molar refractivity (Wildman–Crippen MR) is 67.1 cm³/mol. The molecule has 18 heavy (non-hydrogen) atoms. The van der Waals surface area contributed by atoms with Crippen molar-refractivity contribution in [1.82, 2.24) is 20.1 Å². The maximum Gasteiger partial charge on any atom is 0.327 e. The van der Waals surface area contributed by atoms with Crippen molar-refractivity contribution < 1.29 is 14.7 Å². The summed E-state index contributed by atoms with van der Waals surface area (Å²) in [5.41, 5.74) is 0. The summed E-state index contributed by atoms with van der Waals surface area (Å²) < 4.78 is 1.85. The highest BCUT2D eigenvalue weighted by molar-refractivity contribution is 7.98. The molecule has 1 rings (SSSR count). The van der Waals surface area contributed by atoms with Crippen LogP contribution in [0.2, 0.25) is 0 Å². The van der Waals surface area contributed by atoms with Crippen LogP contribution in [0, 0.1) is 6.92 Å². The maximum atomic E-state index is 10.9. The van der Waals surface area contributed by atoms with Crippen LogP contribution in [0.1, 0.15) is 18.6 Å². The lowest BCUT2D eigenvalue weighted by Gasteiger charge is -2.12. The fourth-order valence-electron chi connectivity index (χ4n) is 1.26. The highest BCUT2D eigenvalue weighted by Gasteiger charge is 2.18. The van der Waals surface area contributed by atoms with Gasteiger partial charge in [-0.1, -0.05) is 0 Å². The van der Waals surface area contributed by atoms with Crippen molar-refractivity contribution in [3.05, 3.63) is 11.6 Å². The van der Waals surface area contributed by atoms with Gasteiger partial charge in [-0.05, 0) is 6.92 Å². The van der Waals surface area contributed by atoms with Crippen LogP contribution >= 0.6 is 11.8 Å². The van der Waals surface area contributed by atoms with E-state index in [9.17, 15) is 9.59 Å². The second-order valence-electron chi connectivity index (χ2n) is 3.83. The van der Waals surface area contributed by atoms with E-state index < -0.39 is 12.0 Å². The van der Waals surface area contributed by atoms with Gasteiger partial charge in [0.15, 0.2) is 0 Å². The van der Waals surface area contributed by atoms with E-state index in [1.165, 1.54) is 18.7 Å². The molecule has 1 unspecified atom stereocenters. The molecule has 8 heteroatoms. The van der Waals surface area contributed by atoms with Gasteiger partial charge in [-0.2, -0.15) is 11.8 Å². The quantitative estimate of drug-likeness (QED) is 0.753. The van der Waals surface area contributed by atoms with Crippen molar-refractivity contribution in [2.45, 2.75) is 25.6 Å². The fraction of sp³-hybridized carbons (Fsp3) is 0.600. The molecule has 1 atom stereocenters. The van der Waals surface area contributed by atoms with E-state index in [-0.39, 0.29) is 5.91 Å². The molecule has 0 spiro atoms. The van der Waals surface area contributed by atoms with Crippen LogP contribution in [-0.4, -0.2) is 43.5 Å². The van der Waals surface area contributed by atoms with E-state index in [0.717, 1.165) is 11.6 Å². The van der Waals surface area contributed by atoms with Gasteiger partial charge in [0.1, 0.15) is 17.7 Å². The van der Waals surface area contributed by atoms with Crippen molar-refractivity contribution in [1.29, 1.82) is 0 Å². The Morgan fingerprint density at radius 3 is 2.61 bits per heavy atom. The van der Waals surface area contributed by atoms with Crippen LogP contribution in [0.3, 0.4) is 0 Å². The summed E-state index contributed by atoms with van der Waals surface area (Å²) in [6, 6.07) is -0.873. The van der Waals surface area contributed by atoms with Crippen molar-refractivity contribution >= 4 is 23.6 Å². The molecular formula is C10H16N4O3S. The van der Waals surface area contributed by atoms with E-state index in [2.05, 4.69) is 15.5 Å². The van der Waals surface area contributed by atoms with Gasteiger partial charge >= 0.3 is 5.97 Å². The summed E-state index contributed by atoms with van der Waals surface area (Å²) in [5.74, 6) is 1.05. The number of rotatable bonds is 6. The Hall–Kier alpha value is -1.57. The van der Waals surface area contributed by atoms with Crippen molar-refractivity contribution in [3.8, 4) is 0 Å². The molecule has 1 amide bonds. The Morgan fingerprint density at radius 2 is 2.17 bits per heavy atom. The number of nitrogens with zero attached hydrogens (tertiary/aromatic N) is 3. The van der Waals surface area contributed by atoms with Gasteiger partial charge in [-0.25, -0.2) is 4.79 Å². The molecule has 0 saturated carbocycles. The van der Waals surface area contributed by atoms with Crippen LogP contribution in [-0.2, 0) is 22.4 Å². The molecule has 7 nitrogen and oxygen atoms in total. The average Bonchev–Trinajstić information content (AvgIpc) is 2.58. The standard InChI is InChI=1S/C10H16N4O3S/c1-6-12-13-9(14(6)3)5-18-4-8(10(16)17)11-7(2)15/h8H,4-5H2,1-3H3,(H,11,15)(H,16,17). The third-order valence-electron chi connectivity index (χ3n) is 2.37. The molecule has 0 aliphatic rings. The van der Waals surface area contributed by atoms with Gasteiger partial charge in [0, 0.05) is 19.7 Å². The minimum Gasteiger partial charge on any atom is -0.480 e. The van der Waals surface area contributed by atoms with Crippen LogP contribution in [0.5, 0.6) is 0 Å². The predicted octanol–water partition coefficient (Wildman–Crippen LogP) is -0.0540. The van der Waals surface area contributed by atoms with Crippen LogP contribution in [0.4, 0.5) is 0 Å². The monoisotopic (exact) mass is 272 g/mol. The van der Waals surface area contributed by atoms with E-state index >= 15 is 0 Å². The number of hydrogen-bond acceptors (Lipinski definition) is 5. The topological polar surface area (TPSA) is 97.1 Å². The molecule has 2 N–H and O–H groups in total. The third-order valence-corrected chi connectivity index (χ3v) is 3.41. The first-order valence-corrected chi connectivity index (χ1v) is 6.49. The first-order valence-electron chi connectivity index (χ1n) is 5.34. The molecule has 0 saturated heterocycles. The zero-order valence-corrected chi connectivity index (χ0v) is 11.3. The molecule has 0 aliphatic heterocycles. The summed E-state index contributed by atoms with van der Waals surface area (Å²) in [7, 11) is 1.85. The molecular weight excluding hydrogens is 256 g/mol. The van der Waals surface area contributed by atoms with Crippen LogP contribution < -0.4 is 5.32 Å². The lowest BCUT2D eigenvalue weighted by atomic mass is 10.3. The summed E-state index contributed by atoms with van der Waals surface area (Å²) in [6.45, 7) is 3.14. The molecule has 0 aliphatic carbocycles. The molecule has 100 valence electrons. The van der Waals surface area contributed by atoms with Gasteiger partial charge in [-0.15, -0.1) is 10.2 Å². The zero-order valence-electron chi connectivity index (χ0n) is 10.5. The number of aromatic nitrogens is 3. The number of aryl methyl sites for hydroxylation is 1. The number of carboxylic acids is 1. The Balaban J connectivity index is 2.46. The normalized spacial score (nSPS) is 12.2. The number of aliphatic carboxylic acids is 1. The molecule has 0 bridgehead atoms. The number of nitrogens with one attached hydrogen (secondary N) is 1. The summed E-state index contributed by atoms with van der Waals surface area (Å²) >= 11 is 1.39. The average molecular weight is 272 g/mol. The largest absolute Gasteiger partial charge is 0.480 e. The summed E-state index contributed by atoms with van der Waals surface area (Å²) in [6.07, 6.45) is 0. The van der Waals surface area contributed by atoms with Crippen LogP contribution in [0.25, 0.3) is 0 Å². The van der Waals surface area contributed by atoms with Gasteiger partial charge in [0.2, 0.25) is 5.91 Å². The number of carbonyl (C=O) groups is 2. The molecule has 0 aromatic carbocycles.